The first kappa shape index (κ1) is 15.0. The van der Waals surface area contributed by atoms with Gasteiger partial charge in [-0.15, -0.1) is 5.10 Å². The van der Waals surface area contributed by atoms with E-state index >= 15 is 0 Å². The Labute approximate surface area is 130 Å². The molecule has 0 atom stereocenters. The predicted octanol–water partition coefficient (Wildman–Crippen LogP) is 2.65. The van der Waals surface area contributed by atoms with Crippen molar-refractivity contribution >= 4 is 28.2 Å². The highest BCUT2D eigenvalue weighted by atomic mass is 127. The van der Waals surface area contributed by atoms with Crippen LogP contribution in [0.15, 0.2) is 19.0 Å². The molecule has 5 nitrogen and oxygen atoms in total. The third-order valence-corrected chi connectivity index (χ3v) is 3.60. The average molecular weight is 390 g/mol. The first-order chi connectivity index (χ1) is 9.56. The lowest BCUT2D eigenvalue weighted by atomic mass is 10.1. The van der Waals surface area contributed by atoms with Crippen molar-refractivity contribution in [3.63, 3.8) is 0 Å². The van der Waals surface area contributed by atoms with Gasteiger partial charge in [-0.05, 0) is 35.1 Å². The van der Waals surface area contributed by atoms with Crippen molar-refractivity contribution in [2.45, 2.75) is 13.5 Å². The maximum atomic E-state index is 12.3. The summed E-state index contributed by atoms with van der Waals surface area (Å²) in [7, 11) is 1.86. The van der Waals surface area contributed by atoms with Gasteiger partial charge >= 0.3 is 0 Å². The molecule has 2 aromatic rings. The summed E-state index contributed by atoms with van der Waals surface area (Å²) in [5.41, 5.74) is 2.47. The van der Waals surface area contributed by atoms with Crippen LogP contribution >= 0.6 is 22.6 Å². The standard InChI is InChI=1S/C13H16FIN4O/c1-4-19-8-11(13(17-19)20-6-5-14)9(2)10-7-18(3)16-12(10)15/h7-8H,2,4-6H2,1,3H3. The van der Waals surface area contributed by atoms with Crippen molar-refractivity contribution < 1.29 is 9.13 Å². The van der Waals surface area contributed by atoms with Crippen LogP contribution in [0.25, 0.3) is 5.57 Å². The second kappa shape index (κ2) is 6.38. The van der Waals surface area contributed by atoms with Gasteiger partial charge in [-0.3, -0.25) is 9.36 Å². The summed E-state index contributed by atoms with van der Waals surface area (Å²) < 4.78 is 22.0. The number of aryl methyl sites for hydroxylation is 2. The van der Waals surface area contributed by atoms with Gasteiger partial charge in [0.15, 0.2) is 0 Å². The van der Waals surface area contributed by atoms with Crippen molar-refractivity contribution in [2.75, 3.05) is 13.3 Å². The maximum absolute atomic E-state index is 12.3. The Balaban J connectivity index is 2.37. The van der Waals surface area contributed by atoms with Gasteiger partial charge in [0.1, 0.15) is 17.0 Å². The summed E-state index contributed by atoms with van der Waals surface area (Å²) in [4.78, 5) is 0. The molecule has 0 aromatic carbocycles. The second-order valence-corrected chi connectivity index (χ2v) is 5.25. The molecule has 0 fully saturated rings. The van der Waals surface area contributed by atoms with E-state index in [-0.39, 0.29) is 6.61 Å². The Morgan fingerprint density at radius 2 is 2.15 bits per heavy atom. The van der Waals surface area contributed by atoms with E-state index in [4.69, 9.17) is 4.74 Å². The molecule has 0 bridgehead atoms. The number of hydrogen-bond acceptors (Lipinski definition) is 3. The second-order valence-electron chi connectivity index (χ2n) is 4.23. The third kappa shape index (κ3) is 3.02. The fraction of sp³-hybridized carbons (Fsp3) is 0.385. The van der Waals surface area contributed by atoms with Crippen LogP contribution in [0.5, 0.6) is 5.88 Å². The minimum absolute atomic E-state index is 0.00879. The maximum Gasteiger partial charge on any atom is 0.240 e. The molecule has 0 saturated carbocycles. The van der Waals surface area contributed by atoms with Gasteiger partial charge in [-0.2, -0.15) is 5.10 Å². The van der Waals surface area contributed by atoms with Gasteiger partial charge in [0.25, 0.3) is 0 Å². The Bertz CT molecular complexity index is 620. The van der Waals surface area contributed by atoms with Crippen LogP contribution in [0.4, 0.5) is 4.39 Å². The Kier molecular flexibility index (Phi) is 4.79. The summed E-state index contributed by atoms with van der Waals surface area (Å²) in [6, 6.07) is 0. The molecule has 2 heterocycles. The van der Waals surface area contributed by atoms with E-state index < -0.39 is 6.67 Å². The Hall–Kier alpha value is -1.38. The van der Waals surface area contributed by atoms with Crippen molar-refractivity contribution in [2.24, 2.45) is 7.05 Å². The summed E-state index contributed by atoms with van der Waals surface area (Å²) in [6.07, 6.45) is 3.76. The highest BCUT2D eigenvalue weighted by Crippen LogP contribution is 2.31. The van der Waals surface area contributed by atoms with Crippen molar-refractivity contribution in [3.05, 3.63) is 33.8 Å². The molecule has 0 saturated heterocycles. The highest BCUT2D eigenvalue weighted by Gasteiger charge is 2.18. The lowest BCUT2D eigenvalue weighted by Gasteiger charge is -2.05. The van der Waals surface area contributed by atoms with Gasteiger partial charge in [0.05, 0.1) is 5.56 Å². The summed E-state index contributed by atoms with van der Waals surface area (Å²) in [5, 5.41) is 8.58. The molecule has 0 spiro atoms. The fourth-order valence-corrected chi connectivity index (χ4v) is 2.63. The van der Waals surface area contributed by atoms with Crippen LogP contribution in [-0.2, 0) is 13.6 Å². The quantitative estimate of drug-likeness (QED) is 0.713. The Morgan fingerprint density at radius 3 is 2.70 bits per heavy atom. The van der Waals surface area contributed by atoms with E-state index in [2.05, 4.69) is 39.4 Å². The van der Waals surface area contributed by atoms with Crippen LogP contribution in [0, 0.1) is 3.70 Å². The number of rotatable bonds is 6. The van der Waals surface area contributed by atoms with E-state index in [1.807, 2.05) is 26.4 Å². The topological polar surface area (TPSA) is 44.9 Å². The van der Waals surface area contributed by atoms with Gasteiger partial charge in [-0.1, -0.05) is 6.58 Å². The van der Waals surface area contributed by atoms with Crippen molar-refractivity contribution in [3.8, 4) is 5.88 Å². The molecule has 108 valence electrons. The molecule has 0 N–H and O–H groups in total. The van der Waals surface area contributed by atoms with Crippen LogP contribution in [0.3, 0.4) is 0 Å². The molecule has 2 rings (SSSR count). The lowest BCUT2D eigenvalue weighted by Crippen LogP contribution is -2.02. The first-order valence-electron chi connectivity index (χ1n) is 6.21. The van der Waals surface area contributed by atoms with E-state index in [0.29, 0.717) is 12.4 Å². The normalized spacial score (nSPS) is 10.8. The summed E-state index contributed by atoms with van der Waals surface area (Å²) >= 11 is 2.16. The number of halogens is 2. The summed E-state index contributed by atoms with van der Waals surface area (Å²) in [5.74, 6) is 0.411. The fourth-order valence-electron chi connectivity index (χ4n) is 1.82. The molecule has 0 aliphatic rings. The number of hydrogen-bond donors (Lipinski definition) is 0. The zero-order valence-corrected chi connectivity index (χ0v) is 13.6. The molecule has 0 radical (unpaired) electrons. The van der Waals surface area contributed by atoms with Crippen LogP contribution in [0.1, 0.15) is 18.1 Å². The molecule has 0 amide bonds. The van der Waals surface area contributed by atoms with Crippen LogP contribution in [0.2, 0.25) is 0 Å². The van der Waals surface area contributed by atoms with E-state index in [9.17, 15) is 4.39 Å². The minimum atomic E-state index is -0.546. The number of alkyl halides is 1. The number of ether oxygens (including phenoxy) is 1. The van der Waals surface area contributed by atoms with Crippen LogP contribution in [-0.4, -0.2) is 32.8 Å². The molecule has 0 unspecified atom stereocenters. The van der Waals surface area contributed by atoms with Gasteiger partial charge in [0.2, 0.25) is 5.88 Å². The molecule has 0 aliphatic heterocycles. The third-order valence-electron chi connectivity index (χ3n) is 2.80. The molecule has 7 heteroatoms. The summed E-state index contributed by atoms with van der Waals surface area (Å²) in [6.45, 7) is 6.24. The van der Waals surface area contributed by atoms with E-state index in [1.54, 1.807) is 9.36 Å². The predicted molar refractivity (Wildman–Crippen MR) is 83.4 cm³/mol. The van der Waals surface area contributed by atoms with Gasteiger partial charge in [-0.25, -0.2) is 4.39 Å². The number of nitrogens with zero attached hydrogens (tertiary/aromatic N) is 4. The van der Waals surface area contributed by atoms with Crippen molar-refractivity contribution in [1.82, 2.24) is 19.6 Å². The molecular weight excluding hydrogens is 374 g/mol. The SMILES string of the molecule is C=C(c1cn(C)nc1I)c1cn(CC)nc1OCCF. The van der Waals surface area contributed by atoms with Crippen molar-refractivity contribution in [1.29, 1.82) is 0 Å². The lowest BCUT2D eigenvalue weighted by molar-refractivity contribution is 0.261. The average Bonchev–Trinajstić information content (AvgIpc) is 2.98. The zero-order chi connectivity index (χ0) is 14.7. The highest BCUT2D eigenvalue weighted by molar-refractivity contribution is 14.1. The Morgan fingerprint density at radius 1 is 1.40 bits per heavy atom. The molecule has 2 aromatic heterocycles. The monoisotopic (exact) mass is 390 g/mol. The van der Waals surface area contributed by atoms with Gasteiger partial charge in [0, 0.05) is 31.5 Å². The number of aromatic nitrogens is 4. The smallest absolute Gasteiger partial charge is 0.240 e. The first-order valence-corrected chi connectivity index (χ1v) is 7.29. The van der Waals surface area contributed by atoms with E-state index in [1.165, 1.54) is 0 Å². The van der Waals surface area contributed by atoms with E-state index in [0.717, 1.165) is 20.4 Å². The molecule has 20 heavy (non-hydrogen) atoms. The largest absolute Gasteiger partial charge is 0.473 e. The van der Waals surface area contributed by atoms with Crippen LogP contribution < -0.4 is 4.74 Å². The van der Waals surface area contributed by atoms with Gasteiger partial charge < -0.3 is 4.74 Å². The minimum Gasteiger partial charge on any atom is -0.473 e. The molecule has 0 aliphatic carbocycles. The zero-order valence-electron chi connectivity index (χ0n) is 11.4. The molecular formula is C13H16FIN4O.